The Kier molecular flexibility index (Phi) is 7.30. The van der Waals surface area contributed by atoms with Gasteiger partial charge in [0.2, 0.25) is 0 Å². The highest BCUT2D eigenvalue weighted by Crippen LogP contribution is 2.26. The molecule has 21 heavy (non-hydrogen) atoms. The number of hydrogen-bond acceptors (Lipinski definition) is 4. The Morgan fingerprint density at radius 1 is 1.33 bits per heavy atom. The largest absolute Gasteiger partial charge is 0.492 e. The fourth-order valence-electron chi connectivity index (χ4n) is 2.35. The van der Waals surface area contributed by atoms with Crippen molar-refractivity contribution in [2.75, 3.05) is 46.0 Å². The maximum atomic E-state index is 6.29. The highest BCUT2D eigenvalue weighted by atomic mass is 35.5. The molecule has 0 spiro atoms. The highest BCUT2D eigenvalue weighted by Gasteiger charge is 2.11. The second-order valence-electron chi connectivity index (χ2n) is 5.20. The van der Waals surface area contributed by atoms with Crippen molar-refractivity contribution in [3.63, 3.8) is 0 Å². The Balaban J connectivity index is 1.84. The van der Waals surface area contributed by atoms with Crippen molar-refractivity contribution in [2.24, 2.45) is 0 Å². The molecule has 5 heteroatoms. The fourth-order valence-corrected chi connectivity index (χ4v) is 2.58. The average molecular weight is 313 g/mol. The number of halogens is 1. The van der Waals surface area contributed by atoms with Crippen LogP contribution in [0.1, 0.15) is 18.9 Å². The number of rotatable bonds is 8. The van der Waals surface area contributed by atoms with Crippen molar-refractivity contribution in [1.29, 1.82) is 0 Å². The first-order valence-corrected chi connectivity index (χ1v) is 8.10. The molecule has 0 saturated carbocycles. The maximum Gasteiger partial charge on any atom is 0.125 e. The van der Waals surface area contributed by atoms with Gasteiger partial charge in [-0.05, 0) is 25.1 Å². The van der Waals surface area contributed by atoms with Crippen molar-refractivity contribution in [1.82, 2.24) is 10.2 Å². The number of nitrogens with zero attached hydrogens (tertiary/aromatic N) is 1. The third-order valence-electron chi connectivity index (χ3n) is 3.57. The van der Waals surface area contributed by atoms with Crippen LogP contribution in [0.3, 0.4) is 0 Å². The van der Waals surface area contributed by atoms with E-state index in [2.05, 4.69) is 17.1 Å². The zero-order valence-electron chi connectivity index (χ0n) is 12.7. The van der Waals surface area contributed by atoms with E-state index in [0.717, 1.165) is 68.7 Å². The molecule has 1 saturated heterocycles. The van der Waals surface area contributed by atoms with Crippen molar-refractivity contribution in [3.8, 4) is 5.75 Å². The lowest BCUT2D eigenvalue weighted by Crippen LogP contribution is -2.38. The molecule has 1 fully saturated rings. The van der Waals surface area contributed by atoms with Gasteiger partial charge < -0.3 is 14.8 Å². The van der Waals surface area contributed by atoms with E-state index in [9.17, 15) is 0 Å². The monoisotopic (exact) mass is 312 g/mol. The lowest BCUT2D eigenvalue weighted by Gasteiger charge is -2.26. The molecule has 0 unspecified atom stereocenters. The predicted molar refractivity (Wildman–Crippen MR) is 86.2 cm³/mol. The first kappa shape index (κ1) is 16.6. The Morgan fingerprint density at radius 2 is 2.14 bits per heavy atom. The SMILES string of the molecule is CCCNCc1c(Cl)cccc1OCCN1CCOCC1. The third kappa shape index (κ3) is 5.47. The van der Waals surface area contributed by atoms with Crippen LogP contribution in [0.4, 0.5) is 0 Å². The van der Waals surface area contributed by atoms with E-state index in [1.807, 2.05) is 18.2 Å². The summed E-state index contributed by atoms with van der Waals surface area (Å²) in [4.78, 5) is 2.36. The lowest BCUT2D eigenvalue weighted by atomic mass is 10.2. The van der Waals surface area contributed by atoms with E-state index in [4.69, 9.17) is 21.1 Å². The van der Waals surface area contributed by atoms with Crippen molar-refractivity contribution < 1.29 is 9.47 Å². The summed E-state index contributed by atoms with van der Waals surface area (Å²) >= 11 is 6.29. The minimum absolute atomic E-state index is 0.682. The summed E-state index contributed by atoms with van der Waals surface area (Å²) in [5.74, 6) is 0.888. The number of hydrogen-bond donors (Lipinski definition) is 1. The number of nitrogens with one attached hydrogen (secondary N) is 1. The van der Waals surface area contributed by atoms with Crippen LogP contribution in [0.15, 0.2) is 18.2 Å². The van der Waals surface area contributed by atoms with Crippen molar-refractivity contribution in [2.45, 2.75) is 19.9 Å². The number of morpholine rings is 1. The van der Waals surface area contributed by atoms with Gasteiger partial charge in [0.05, 0.1) is 13.2 Å². The minimum Gasteiger partial charge on any atom is -0.492 e. The van der Waals surface area contributed by atoms with Crippen LogP contribution in [0.2, 0.25) is 5.02 Å². The fraction of sp³-hybridized carbons (Fsp3) is 0.625. The lowest BCUT2D eigenvalue weighted by molar-refractivity contribution is 0.0322. The van der Waals surface area contributed by atoms with Gasteiger partial charge in [-0.2, -0.15) is 0 Å². The van der Waals surface area contributed by atoms with E-state index >= 15 is 0 Å². The van der Waals surface area contributed by atoms with Gasteiger partial charge in [-0.15, -0.1) is 0 Å². The molecule has 0 bridgehead atoms. The Labute approximate surface area is 132 Å². The molecule has 1 aromatic carbocycles. The van der Waals surface area contributed by atoms with Gasteiger partial charge in [-0.25, -0.2) is 0 Å². The first-order chi connectivity index (χ1) is 10.3. The zero-order chi connectivity index (χ0) is 14.9. The number of benzene rings is 1. The summed E-state index contributed by atoms with van der Waals surface area (Å²) in [6, 6.07) is 5.85. The summed E-state index contributed by atoms with van der Waals surface area (Å²) in [6.07, 6.45) is 1.11. The standard InChI is InChI=1S/C16H25ClN2O2/c1-2-6-18-13-14-15(17)4-3-5-16(14)21-12-9-19-7-10-20-11-8-19/h3-5,18H,2,6-13H2,1H3. The highest BCUT2D eigenvalue weighted by molar-refractivity contribution is 6.31. The molecule has 1 aliphatic heterocycles. The topological polar surface area (TPSA) is 33.7 Å². The van der Waals surface area contributed by atoms with Crippen LogP contribution in [0.25, 0.3) is 0 Å². The molecule has 0 radical (unpaired) electrons. The molecular formula is C16H25ClN2O2. The van der Waals surface area contributed by atoms with Crippen LogP contribution < -0.4 is 10.1 Å². The Hall–Kier alpha value is -0.810. The molecular weight excluding hydrogens is 288 g/mol. The Morgan fingerprint density at radius 3 is 2.90 bits per heavy atom. The van der Waals surface area contributed by atoms with Gasteiger partial charge in [0.25, 0.3) is 0 Å². The summed E-state index contributed by atoms with van der Waals surface area (Å²) in [5, 5.41) is 4.15. The molecule has 118 valence electrons. The molecule has 4 nitrogen and oxygen atoms in total. The molecule has 0 atom stereocenters. The molecule has 0 aromatic heterocycles. The van der Waals surface area contributed by atoms with E-state index in [1.54, 1.807) is 0 Å². The van der Waals surface area contributed by atoms with Gasteiger partial charge in [-0.3, -0.25) is 4.90 Å². The van der Waals surface area contributed by atoms with Gasteiger partial charge in [0.15, 0.2) is 0 Å². The first-order valence-electron chi connectivity index (χ1n) is 7.72. The van der Waals surface area contributed by atoms with E-state index in [-0.39, 0.29) is 0 Å². The minimum atomic E-state index is 0.682. The van der Waals surface area contributed by atoms with Crippen LogP contribution in [0, 0.1) is 0 Å². The molecule has 2 rings (SSSR count). The molecule has 1 aliphatic rings. The average Bonchev–Trinajstić information content (AvgIpc) is 2.51. The smallest absolute Gasteiger partial charge is 0.125 e. The van der Waals surface area contributed by atoms with Gasteiger partial charge >= 0.3 is 0 Å². The van der Waals surface area contributed by atoms with Gasteiger partial charge in [-0.1, -0.05) is 24.6 Å². The van der Waals surface area contributed by atoms with Crippen LogP contribution >= 0.6 is 11.6 Å². The van der Waals surface area contributed by atoms with E-state index in [1.165, 1.54) is 0 Å². The summed E-state index contributed by atoms with van der Waals surface area (Å²) in [5.41, 5.74) is 1.05. The normalized spacial score (nSPS) is 16.1. The predicted octanol–water partition coefficient (Wildman–Crippen LogP) is 2.55. The molecule has 1 heterocycles. The maximum absolute atomic E-state index is 6.29. The second-order valence-corrected chi connectivity index (χ2v) is 5.60. The Bertz CT molecular complexity index is 423. The van der Waals surface area contributed by atoms with Gasteiger partial charge in [0, 0.05) is 36.8 Å². The molecule has 0 amide bonds. The van der Waals surface area contributed by atoms with Crippen molar-refractivity contribution in [3.05, 3.63) is 28.8 Å². The second kappa shape index (κ2) is 9.26. The van der Waals surface area contributed by atoms with Crippen LogP contribution in [-0.4, -0.2) is 50.9 Å². The molecule has 1 N–H and O–H groups in total. The quantitative estimate of drug-likeness (QED) is 0.748. The zero-order valence-corrected chi connectivity index (χ0v) is 13.5. The van der Waals surface area contributed by atoms with E-state index < -0.39 is 0 Å². The van der Waals surface area contributed by atoms with Crippen molar-refractivity contribution >= 4 is 11.6 Å². The van der Waals surface area contributed by atoms with E-state index in [0.29, 0.717) is 6.61 Å². The van der Waals surface area contributed by atoms with Gasteiger partial charge in [0.1, 0.15) is 12.4 Å². The summed E-state index contributed by atoms with van der Waals surface area (Å²) < 4.78 is 11.3. The number of ether oxygens (including phenoxy) is 2. The molecule has 0 aliphatic carbocycles. The summed E-state index contributed by atoms with van der Waals surface area (Å²) in [7, 11) is 0. The molecule has 1 aromatic rings. The van der Waals surface area contributed by atoms with Crippen LogP contribution in [-0.2, 0) is 11.3 Å². The third-order valence-corrected chi connectivity index (χ3v) is 3.93. The van der Waals surface area contributed by atoms with Crippen LogP contribution in [0.5, 0.6) is 5.75 Å². The summed E-state index contributed by atoms with van der Waals surface area (Å²) in [6.45, 7) is 9.12.